The Morgan fingerprint density at radius 3 is 2.62 bits per heavy atom. The van der Waals surface area contributed by atoms with Gasteiger partial charge < -0.3 is 10.0 Å². The summed E-state index contributed by atoms with van der Waals surface area (Å²) < 4.78 is 0. The number of carboxylic acid groups (broad SMARTS) is 1. The van der Waals surface area contributed by atoms with Gasteiger partial charge in [-0.3, -0.25) is 0 Å². The SMILES string of the molecule is CC1=CCN(c2ncc(C(=O)O)cn2)CC1. The second-order valence-electron chi connectivity index (χ2n) is 3.82. The van der Waals surface area contributed by atoms with Crippen LogP contribution in [-0.2, 0) is 0 Å². The molecule has 2 heterocycles. The van der Waals surface area contributed by atoms with Crippen molar-refractivity contribution in [3.8, 4) is 0 Å². The summed E-state index contributed by atoms with van der Waals surface area (Å²) in [5.74, 6) is -0.408. The van der Waals surface area contributed by atoms with Crippen molar-refractivity contribution >= 4 is 11.9 Å². The van der Waals surface area contributed by atoms with Crippen molar-refractivity contribution in [3.05, 3.63) is 29.6 Å². The van der Waals surface area contributed by atoms with Crippen molar-refractivity contribution in [3.63, 3.8) is 0 Å². The molecule has 16 heavy (non-hydrogen) atoms. The van der Waals surface area contributed by atoms with E-state index in [1.54, 1.807) is 0 Å². The lowest BCUT2D eigenvalue weighted by Gasteiger charge is -2.25. The monoisotopic (exact) mass is 219 g/mol. The molecule has 0 spiro atoms. The van der Waals surface area contributed by atoms with Crippen LogP contribution >= 0.6 is 0 Å². The largest absolute Gasteiger partial charge is 0.478 e. The zero-order valence-electron chi connectivity index (χ0n) is 9.05. The van der Waals surface area contributed by atoms with Crippen LogP contribution in [0.25, 0.3) is 0 Å². The predicted molar refractivity (Wildman–Crippen MR) is 59.6 cm³/mol. The summed E-state index contributed by atoms with van der Waals surface area (Å²) in [5.41, 5.74) is 1.49. The Morgan fingerprint density at radius 2 is 2.12 bits per heavy atom. The van der Waals surface area contributed by atoms with E-state index in [0.29, 0.717) is 5.95 Å². The average molecular weight is 219 g/mol. The second kappa shape index (κ2) is 4.30. The first-order chi connectivity index (χ1) is 7.66. The van der Waals surface area contributed by atoms with E-state index in [1.165, 1.54) is 18.0 Å². The number of nitrogens with zero attached hydrogens (tertiary/aromatic N) is 3. The van der Waals surface area contributed by atoms with E-state index >= 15 is 0 Å². The van der Waals surface area contributed by atoms with Gasteiger partial charge in [0.05, 0.1) is 5.56 Å². The third kappa shape index (κ3) is 2.18. The Balaban J connectivity index is 2.13. The van der Waals surface area contributed by atoms with Gasteiger partial charge in [0.2, 0.25) is 5.95 Å². The summed E-state index contributed by atoms with van der Waals surface area (Å²) in [5, 5.41) is 8.72. The maximum atomic E-state index is 10.6. The highest BCUT2D eigenvalue weighted by Crippen LogP contribution is 2.14. The summed E-state index contributed by atoms with van der Waals surface area (Å²) in [6.45, 7) is 3.78. The third-order valence-corrected chi connectivity index (χ3v) is 2.60. The fourth-order valence-electron chi connectivity index (χ4n) is 1.55. The molecule has 5 heteroatoms. The number of anilines is 1. The molecule has 1 aliphatic rings. The Hall–Kier alpha value is -1.91. The maximum absolute atomic E-state index is 10.6. The van der Waals surface area contributed by atoms with Crippen molar-refractivity contribution in [1.29, 1.82) is 0 Å². The van der Waals surface area contributed by atoms with Crippen LogP contribution in [0.5, 0.6) is 0 Å². The molecular formula is C11H13N3O2. The molecule has 0 saturated carbocycles. The van der Waals surface area contributed by atoms with Gasteiger partial charge in [0.15, 0.2) is 0 Å². The van der Waals surface area contributed by atoms with Crippen molar-refractivity contribution in [2.75, 3.05) is 18.0 Å². The molecule has 5 nitrogen and oxygen atoms in total. The van der Waals surface area contributed by atoms with Crippen LogP contribution in [0.1, 0.15) is 23.7 Å². The number of aromatic nitrogens is 2. The smallest absolute Gasteiger partial charge is 0.338 e. The van der Waals surface area contributed by atoms with E-state index in [4.69, 9.17) is 5.11 Å². The highest BCUT2D eigenvalue weighted by Gasteiger charge is 2.13. The van der Waals surface area contributed by atoms with E-state index < -0.39 is 5.97 Å². The molecule has 0 aromatic carbocycles. The quantitative estimate of drug-likeness (QED) is 0.760. The molecule has 1 aliphatic heterocycles. The van der Waals surface area contributed by atoms with Gasteiger partial charge in [0.25, 0.3) is 0 Å². The summed E-state index contributed by atoms with van der Waals surface area (Å²) in [4.78, 5) is 20.8. The van der Waals surface area contributed by atoms with Gasteiger partial charge in [-0.25, -0.2) is 14.8 Å². The van der Waals surface area contributed by atoms with Crippen LogP contribution in [0.3, 0.4) is 0 Å². The molecule has 0 unspecified atom stereocenters. The van der Waals surface area contributed by atoms with Crippen LogP contribution in [0.2, 0.25) is 0 Å². The minimum Gasteiger partial charge on any atom is -0.478 e. The van der Waals surface area contributed by atoms with E-state index in [0.717, 1.165) is 19.5 Å². The lowest BCUT2D eigenvalue weighted by molar-refractivity contribution is 0.0696. The summed E-state index contributed by atoms with van der Waals surface area (Å²) in [7, 11) is 0. The Labute approximate surface area is 93.4 Å². The summed E-state index contributed by atoms with van der Waals surface area (Å²) >= 11 is 0. The highest BCUT2D eigenvalue weighted by molar-refractivity contribution is 5.86. The second-order valence-corrected chi connectivity index (χ2v) is 3.82. The van der Waals surface area contributed by atoms with Gasteiger partial charge in [-0.15, -0.1) is 0 Å². The maximum Gasteiger partial charge on any atom is 0.338 e. The number of hydrogen-bond acceptors (Lipinski definition) is 4. The van der Waals surface area contributed by atoms with Crippen molar-refractivity contribution in [1.82, 2.24) is 9.97 Å². The molecule has 0 atom stereocenters. The topological polar surface area (TPSA) is 66.3 Å². The van der Waals surface area contributed by atoms with Gasteiger partial charge in [-0.2, -0.15) is 0 Å². The molecule has 0 saturated heterocycles. The Kier molecular flexibility index (Phi) is 2.85. The highest BCUT2D eigenvalue weighted by atomic mass is 16.4. The molecule has 1 aromatic heterocycles. The summed E-state index contributed by atoms with van der Waals surface area (Å²) in [6, 6.07) is 0. The van der Waals surface area contributed by atoms with Crippen LogP contribution in [0.15, 0.2) is 24.0 Å². The number of carboxylic acids is 1. The first kappa shape index (κ1) is 10.6. The molecule has 0 bridgehead atoms. The fraction of sp³-hybridized carbons (Fsp3) is 0.364. The van der Waals surface area contributed by atoms with Crippen LogP contribution in [-0.4, -0.2) is 34.1 Å². The van der Waals surface area contributed by atoms with Gasteiger partial charge in [-0.1, -0.05) is 11.6 Å². The van der Waals surface area contributed by atoms with Crippen LogP contribution in [0.4, 0.5) is 5.95 Å². The molecule has 0 aliphatic carbocycles. The minimum atomic E-state index is -0.999. The predicted octanol–water partition coefficient (Wildman–Crippen LogP) is 1.33. The van der Waals surface area contributed by atoms with Crippen molar-refractivity contribution in [2.24, 2.45) is 0 Å². The Bertz CT molecular complexity index is 425. The van der Waals surface area contributed by atoms with Crippen LogP contribution in [0, 0.1) is 0 Å². The molecule has 0 fully saturated rings. The zero-order chi connectivity index (χ0) is 11.5. The number of rotatable bonds is 2. The van der Waals surface area contributed by atoms with Crippen LogP contribution < -0.4 is 4.90 Å². The molecule has 0 radical (unpaired) electrons. The molecule has 0 amide bonds. The molecular weight excluding hydrogens is 206 g/mol. The van der Waals surface area contributed by atoms with Crippen molar-refractivity contribution in [2.45, 2.75) is 13.3 Å². The first-order valence-corrected chi connectivity index (χ1v) is 5.13. The van der Waals surface area contributed by atoms with E-state index in [9.17, 15) is 4.79 Å². The molecule has 1 N–H and O–H groups in total. The van der Waals surface area contributed by atoms with Gasteiger partial charge >= 0.3 is 5.97 Å². The minimum absolute atomic E-state index is 0.118. The van der Waals surface area contributed by atoms with E-state index in [2.05, 4.69) is 23.0 Å². The van der Waals surface area contributed by atoms with Gasteiger partial charge in [-0.05, 0) is 13.3 Å². The normalized spacial score (nSPS) is 15.8. The first-order valence-electron chi connectivity index (χ1n) is 5.13. The molecule has 1 aromatic rings. The van der Waals surface area contributed by atoms with E-state index in [1.807, 2.05) is 4.90 Å². The number of hydrogen-bond donors (Lipinski definition) is 1. The van der Waals surface area contributed by atoms with Crippen molar-refractivity contribution < 1.29 is 9.90 Å². The summed E-state index contributed by atoms with van der Waals surface area (Å²) in [6.07, 6.45) is 5.83. The number of aromatic carboxylic acids is 1. The lowest BCUT2D eigenvalue weighted by atomic mass is 10.1. The average Bonchev–Trinajstić information content (AvgIpc) is 2.30. The zero-order valence-corrected chi connectivity index (χ0v) is 9.05. The molecule has 2 rings (SSSR count). The number of carbonyl (C=O) groups is 1. The fourth-order valence-corrected chi connectivity index (χ4v) is 1.55. The van der Waals surface area contributed by atoms with Gasteiger partial charge in [0, 0.05) is 25.5 Å². The Morgan fingerprint density at radius 1 is 1.44 bits per heavy atom. The standard InChI is InChI=1S/C11H13N3O2/c1-8-2-4-14(5-3-8)11-12-6-9(7-13-11)10(15)16/h2,6-7H,3-5H2,1H3,(H,15,16). The third-order valence-electron chi connectivity index (χ3n) is 2.60. The lowest BCUT2D eigenvalue weighted by Crippen LogP contribution is -2.29. The molecule has 84 valence electrons. The van der Waals surface area contributed by atoms with E-state index in [-0.39, 0.29) is 5.56 Å². The van der Waals surface area contributed by atoms with Gasteiger partial charge in [0.1, 0.15) is 0 Å².